The van der Waals surface area contributed by atoms with Crippen LogP contribution in [0.5, 0.6) is 0 Å². The summed E-state index contributed by atoms with van der Waals surface area (Å²) in [5.41, 5.74) is 2.98. The highest BCUT2D eigenvalue weighted by Gasteiger charge is 2.14. The van der Waals surface area contributed by atoms with Crippen LogP contribution < -0.4 is 10.3 Å². The maximum atomic E-state index is 12.8. The van der Waals surface area contributed by atoms with E-state index in [2.05, 4.69) is 26.1 Å². The molecule has 0 saturated carbocycles. The Morgan fingerprint density at radius 3 is 2.63 bits per heavy atom. The molecule has 1 heterocycles. The van der Waals surface area contributed by atoms with Crippen LogP contribution in [0.15, 0.2) is 64.0 Å². The van der Waals surface area contributed by atoms with E-state index in [1.807, 2.05) is 30.3 Å². The molecule has 0 aliphatic heterocycles. The fourth-order valence-electron chi connectivity index (χ4n) is 2.87. The molecule has 0 aliphatic carbocycles. The van der Waals surface area contributed by atoms with Gasteiger partial charge in [0.25, 0.3) is 0 Å². The zero-order valence-corrected chi connectivity index (χ0v) is 16.2. The van der Waals surface area contributed by atoms with Crippen molar-refractivity contribution in [3.8, 4) is 11.1 Å². The largest absolute Gasteiger partial charge is 0.465 e. The number of amides is 1. The molecule has 0 atom stereocenters. The molecule has 0 saturated heterocycles. The molecule has 1 amide bonds. The second-order valence-corrected chi connectivity index (χ2v) is 6.87. The highest BCUT2D eigenvalue weighted by molar-refractivity contribution is 9.10. The van der Waals surface area contributed by atoms with E-state index in [0.717, 1.165) is 15.6 Å². The highest BCUT2D eigenvalue weighted by Crippen LogP contribution is 2.20. The van der Waals surface area contributed by atoms with Crippen LogP contribution in [0, 0.1) is 0 Å². The van der Waals surface area contributed by atoms with Crippen molar-refractivity contribution in [3.63, 3.8) is 0 Å². The summed E-state index contributed by atoms with van der Waals surface area (Å²) in [4.78, 5) is 25.4. The third kappa shape index (κ3) is 4.25. The lowest BCUT2D eigenvalue weighted by atomic mass is 10.0. The van der Waals surface area contributed by atoms with E-state index < -0.39 is 6.09 Å². The van der Waals surface area contributed by atoms with Crippen LogP contribution >= 0.6 is 15.9 Å². The molecule has 3 rings (SSSR count). The van der Waals surface area contributed by atoms with Crippen molar-refractivity contribution in [2.45, 2.75) is 13.3 Å². The Morgan fingerprint density at radius 2 is 1.96 bits per heavy atom. The van der Waals surface area contributed by atoms with Crippen LogP contribution in [-0.4, -0.2) is 27.9 Å². The first-order valence-electron chi connectivity index (χ1n) is 8.42. The molecular weight excluding hydrogens is 410 g/mol. The minimum atomic E-state index is -1.01. The van der Waals surface area contributed by atoms with Crippen LogP contribution in [0.4, 0.5) is 10.5 Å². The number of carboxylic acid groups (broad SMARTS) is 1. The van der Waals surface area contributed by atoms with E-state index in [1.165, 1.54) is 4.90 Å². The number of hydrogen-bond donors (Lipinski definition) is 2. The summed E-state index contributed by atoms with van der Waals surface area (Å²) in [7, 11) is 0. The van der Waals surface area contributed by atoms with Gasteiger partial charge in [0.1, 0.15) is 5.69 Å². The van der Waals surface area contributed by atoms with E-state index in [1.54, 1.807) is 31.3 Å². The molecular formula is C20H18BrN3O3. The molecule has 0 unspecified atom stereocenters. The first kappa shape index (κ1) is 18.8. The maximum absolute atomic E-state index is 12.8. The number of rotatable bonds is 5. The summed E-state index contributed by atoms with van der Waals surface area (Å²) >= 11 is 3.39. The van der Waals surface area contributed by atoms with Gasteiger partial charge in [-0.25, -0.2) is 4.79 Å². The SMILES string of the molecule is CCN(C(=O)O)c1cccc(Cc2n[nH]cc(-c3ccc(Br)cc3)c2=O)c1. The Kier molecular flexibility index (Phi) is 5.71. The minimum absolute atomic E-state index is 0.146. The number of halogens is 1. The van der Waals surface area contributed by atoms with Gasteiger partial charge in [0.15, 0.2) is 0 Å². The van der Waals surface area contributed by atoms with Gasteiger partial charge in [-0.3, -0.25) is 14.8 Å². The number of carbonyl (C=O) groups is 1. The van der Waals surface area contributed by atoms with Crippen molar-refractivity contribution in [1.29, 1.82) is 0 Å². The molecule has 2 aromatic carbocycles. The summed E-state index contributed by atoms with van der Waals surface area (Å²) in [5.74, 6) is 0. The van der Waals surface area contributed by atoms with Gasteiger partial charge in [-0.2, -0.15) is 5.10 Å². The lowest BCUT2D eigenvalue weighted by molar-refractivity contribution is 0.202. The van der Waals surface area contributed by atoms with E-state index in [-0.39, 0.29) is 5.43 Å². The van der Waals surface area contributed by atoms with Crippen LogP contribution in [0.3, 0.4) is 0 Å². The van der Waals surface area contributed by atoms with Gasteiger partial charge < -0.3 is 5.11 Å². The molecule has 3 aromatic rings. The monoisotopic (exact) mass is 427 g/mol. The van der Waals surface area contributed by atoms with Gasteiger partial charge in [0, 0.05) is 34.9 Å². The summed E-state index contributed by atoms with van der Waals surface area (Å²) in [6, 6.07) is 14.6. The Bertz CT molecular complexity index is 1020. The van der Waals surface area contributed by atoms with E-state index >= 15 is 0 Å². The molecule has 0 radical (unpaired) electrons. The van der Waals surface area contributed by atoms with Crippen LogP contribution in [0.1, 0.15) is 18.2 Å². The topological polar surface area (TPSA) is 86.3 Å². The Morgan fingerprint density at radius 1 is 1.22 bits per heavy atom. The van der Waals surface area contributed by atoms with Crippen molar-refractivity contribution in [2.75, 3.05) is 11.4 Å². The summed E-state index contributed by atoms with van der Waals surface area (Å²) in [6.45, 7) is 2.12. The number of H-pyrrole nitrogens is 1. The number of anilines is 1. The summed E-state index contributed by atoms with van der Waals surface area (Å²) < 4.78 is 0.938. The van der Waals surface area contributed by atoms with Crippen LogP contribution in [0.25, 0.3) is 11.1 Å². The zero-order valence-electron chi connectivity index (χ0n) is 14.6. The van der Waals surface area contributed by atoms with Gasteiger partial charge >= 0.3 is 6.09 Å². The Hall–Kier alpha value is -2.93. The smallest absolute Gasteiger partial charge is 0.411 e. The molecule has 0 spiro atoms. The average Bonchev–Trinajstić information content (AvgIpc) is 2.65. The number of nitrogens with zero attached hydrogens (tertiary/aromatic N) is 2. The lowest BCUT2D eigenvalue weighted by Crippen LogP contribution is -2.28. The zero-order chi connectivity index (χ0) is 19.4. The lowest BCUT2D eigenvalue weighted by Gasteiger charge is -2.17. The van der Waals surface area contributed by atoms with E-state index in [4.69, 9.17) is 0 Å². The number of aromatic nitrogens is 2. The van der Waals surface area contributed by atoms with Crippen LogP contribution in [-0.2, 0) is 6.42 Å². The van der Waals surface area contributed by atoms with Gasteiger partial charge in [0.2, 0.25) is 5.43 Å². The molecule has 7 heteroatoms. The van der Waals surface area contributed by atoms with Gasteiger partial charge in [-0.15, -0.1) is 0 Å². The molecule has 0 bridgehead atoms. The van der Waals surface area contributed by atoms with Crippen molar-refractivity contribution < 1.29 is 9.90 Å². The predicted molar refractivity (Wildman–Crippen MR) is 108 cm³/mol. The minimum Gasteiger partial charge on any atom is -0.465 e. The molecule has 1 aromatic heterocycles. The van der Waals surface area contributed by atoms with Crippen molar-refractivity contribution in [1.82, 2.24) is 10.2 Å². The van der Waals surface area contributed by atoms with E-state index in [9.17, 15) is 14.7 Å². The first-order valence-corrected chi connectivity index (χ1v) is 9.21. The summed E-state index contributed by atoms with van der Waals surface area (Å²) in [6.07, 6.45) is 0.891. The third-order valence-corrected chi connectivity index (χ3v) is 4.74. The van der Waals surface area contributed by atoms with E-state index in [0.29, 0.717) is 29.9 Å². The normalized spacial score (nSPS) is 10.6. The Labute approximate surface area is 164 Å². The number of benzene rings is 2. The predicted octanol–water partition coefficient (Wildman–Crippen LogP) is 4.29. The van der Waals surface area contributed by atoms with Gasteiger partial charge in [-0.1, -0.05) is 40.2 Å². The second-order valence-electron chi connectivity index (χ2n) is 5.96. The fraction of sp³-hybridized carbons (Fsp3) is 0.150. The fourth-order valence-corrected chi connectivity index (χ4v) is 3.13. The molecule has 0 aliphatic rings. The van der Waals surface area contributed by atoms with Gasteiger partial charge in [0.05, 0.1) is 0 Å². The maximum Gasteiger partial charge on any atom is 0.411 e. The van der Waals surface area contributed by atoms with Crippen molar-refractivity contribution in [3.05, 3.63) is 80.7 Å². The average molecular weight is 428 g/mol. The quantitative estimate of drug-likeness (QED) is 0.635. The molecule has 0 fully saturated rings. The summed E-state index contributed by atoms with van der Waals surface area (Å²) in [5, 5.41) is 16.2. The van der Waals surface area contributed by atoms with Crippen LogP contribution in [0.2, 0.25) is 0 Å². The number of hydrogen-bond acceptors (Lipinski definition) is 3. The Balaban J connectivity index is 1.93. The first-order chi connectivity index (χ1) is 13.0. The molecule has 2 N–H and O–H groups in total. The standard InChI is InChI=1S/C20H18BrN3O3/c1-2-24(20(26)27)16-5-3-4-13(10-16)11-18-19(25)17(12-22-23-18)14-6-8-15(21)9-7-14/h3-10,12H,2,11H2,1H3,(H,22,25)(H,26,27). The molecule has 27 heavy (non-hydrogen) atoms. The highest BCUT2D eigenvalue weighted by atomic mass is 79.9. The number of nitrogens with one attached hydrogen (secondary N) is 1. The third-order valence-electron chi connectivity index (χ3n) is 4.21. The van der Waals surface area contributed by atoms with Crippen molar-refractivity contribution in [2.24, 2.45) is 0 Å². The molecule has 6 nitrogen and oxygen atoms in total. The number of aromatic amines is 1. The van der Waals surface area contributed by atoms with Gasteiger partial charge in [-0.05, 0) is 42.3 Å². The second kappa shape index (κ2) is 8.18. The molecule has 138 valence electrons. The van der Waals surface area contributed by atoms with Crippen molar-refractivity contribution >= 4 is 27.7 Å².